The monoisotopic (exact) mass is 516 g/mol. The van der Waals surface area contributed by atoms with Gasteiger partial charge < -0.3 is 24.8 Å². The Morgan fingerprint density at radius 1 is 1.34 bits per heavy atom. The number of carbonyl (C=O) groups excluding carboxylic acids is 3. The van der Waals surface area contributed by atoms with Gasteiger partial charge in [-0.15, -0.1) is 0 Å². The number of aliphatic hydroxyl groups is 1. The lowest BCUT2D eigenvalue weighted by Gasteiger charge is -2.37. The van der Waals surface area contributed by atoms with Crippen LogP contribution in [0, 0.1) is 17.8 Å². The maximum Gasteiger partial charge on any atom is 0.312 e. The predicted octanol–water partition coefficient (Wildman–Crippen LogP) is 2.01. The Balaban J connectivity index is 1.99. The van der Waals surface area contributed by atoms with Crippen LogP contribution >= 0.6 is 15.9 Å². The molecule has 3 aliphatic rings. The molecule has 0 aliphatic carbocycles. The average Bonchev–Trinajstić information content (AvgIpc) is 3.33. The zero-order chi connectivity index (χ0) is 23.6. The Morgan fingerprint density at radius 2 is 2.06 bits per heavy atom. The summed E-state index contributed by atoms with van der Waals surface area (Å²) in [5.74, 6) is -2.36. The van der Waals surface area contributed by atoms with Crippen molar-refractivity contribution in [3.63, 3.8) is 0 Å². The van der Waals surface area contributed by atoms with E-state index in [1.54, 1.807) is 6.92 Å². The van der Waals surface area contributed by atoms with Crippen molar-refractivity contribution in [2.45, 2.75) is 88.4 Å². The lowest BCUT2D eigenvalue weighted by Crippen LogP contribution is -2.58. The zero-order valence-corrected chi connectivity index (χ0v) is 21.1. The third-order valence-electron chi connectivity index (χ3n) is 6.96. The summed E-state index contributed by atoms with van der Waals surface area (Å²) in [5.41, 5.74) is -1.10. The molecular weight excluding hydrogens is 480 g/mol. The number of ether oxygens (including phenoxy) is 2. The minimum atomic E-state index is -1.10. The number of nitrogens with one attached hydrogen (secondary N) is 1. The third-order valence-corrected chi connectivity index (χ3v) is 7.81. The van der Waals surface area contributed by atoms with Crippen LogP contribution in [0.2, 0.25) is 0 Å². The molecule has 0 saturated carbocycles. The van der Waals surface area contributed by atoms with Crippen LogP contribution in [0.15, 0.2) is 0 Å². The van der Waals surface area contributed by atoms with Crippen molar-refractivity contribution in [3.05, 3.63) is 0 Å². The molecule has 3 saturated heterocycles. The molecule has 3 fully saturated rings. The van der Waals surface area contributed by atoms with E-state index in [0.29, 0.717) is 19.4 Å². The molecular formula is C23H37BrN2O6. The van der Waals surface area contributed by atoms with Crippen molar-refractivity contribution in [2.75, 3.05) is 19.8 Å². The topological polar surface area (TPSA) is 105 Å². The van der Waals surface area contributed by atoms with E-state index in [9.17, 15) is 19.5 Å². The highest BCUT2D eigenvalue weighted by molar-refractivity contribution is 9.09. The molecule has 0 aromatic heterocycles. The summed E-state index contributed by atoms with van der Waals surface area (Å²) in [5, 5.41) is 13.2. The van der Waals surface area contributed by atoms with Crippen molar-refractivity contribution in [1.29, 1.82) is 0 Å². The van der Waals surface area contributed by atoms with Crippen LogP contribution in [0.4, 0.5) is 0 Å². The largest absolute Gasteiger partial charge is 0.466 e. The highest BCUT2D eigenvalue weighted by atomic mass is 79.9. The highest BCUT2D eigenvalue weighted by Gasteiger charge is 2.77. The molecule has 2 amide bonds. The predicted molar refractivity (Wildman–Crippen MR) is 122 cm³/mol. The number of likely N-dealkylation sites (tertiary alicyclic amines) is 1. The van der Waals surface area contributed by atoms with E-state index in [2.05, 4.69) is 28.2 Å². The molecule has 0 radical (unpaired) electrons. The minimum Gasteiger partial charge on any atom is -0.466 e. The lowest BCUT2D eigenvalue weighted by molar-refractivity contribution is -0.155. The minimum absolute atomic E-state index is 0.158. The molecule has 8 nitrogen and oxygen atoms in total. The molecule has 1 spiro atoms. The second-order valence-corrected chi connectivity index (χ2v) is 10.8. The fourth-order valence-electron chi connectivity index (χ4n) is 5.77. The van der Waals surface area contributed by atoms with Gasteiger partial charge in [-0.2, -0.15) is 0 Å². The number of esters is 1. The maximum absolute atomic E-state index is 13.8. The average molecular weight is 517 g/mol. The number of hydrogen-bond donors (Lipinski definition) is 2. The molecule has 3 aliphatic heterocycles. The number of hydrogen-bond acceptors (Lipinski definition) is 6. The van der Waals surface area contributed by atoms with Gasteiger partial charge in [0.15, 0.2) is 0 Å². The van der Waals surface area contributed by atoms with Gasteiger partial charge in [-0.3, -0.25) is 14.4 Å². The number of alkyl halides is 1. The van der Waals surface area contributed by atoms with Crippen molar-refractivity contribution in [3.8, 4) is 0 Å². The molecule has 32 heavy (non-hydrogen) atoms. The molecule has 2 N–H and O–H groups in total. The molecule has 3 rings (SSSR count). The third kappa shape index (κ3) is 4.32. The Bertz CT molecular complexity index is 719. The number of nitrogens with zero attached hydrogens (tertiary/aromatic N) is 1. The molecule has 182 valence electrons. The van der Waals surface area contributed by atoms with E-state index in [-0.39, 0.29) is 35.8 Å². The Morgan fingerprint density at radius 3 is 2.66 bits per heavy atom. The summed E-state index contributed by atoms with van der Waals surface area (Å²) in [4.78, 5) is 41.5. The SMILES string of the molecule is CCCCCNC(=O)[C@H]1N([C@@H](CO)CC(C)C)C(=O)[C@@H]2[C@@H](C(=O)OCC)[C@@H]3O[C@@]21CC3Br. The van der Waals surface area contributed by atoms with E-state index < -0.39 is 41.6 Å². The number of carbonyl (C=O) groups is 3. The van der Waals surface area contributed by atoms with Crippen molar-refractivity contribution >= 4 is 33.7 Å². The first-order chi connectivity index (χ1) is 15.2. The molecule has 1 unspecified atom stereocenters. The second kappa shape index (κ2) is 10.4. The fraction of sp³-hybridized carbons (Fsp3) is 0.870. The van der Waals surface area contributed by atoms with E-state index in [1.165, 1.54) is 4.90 Å². The van der Waals surface area contributed by atoms with Gasteiger partial charge in [0, 0.05) is 11.4 Å². The van der Waals surface area contributed by atoms with Crippen LogP contribution < -0.4 is 5.32 Å². The smallest absolute Gasteiger partial charge is 0.312 e. The van der Waals surface area contributed by atoms with Crippen molar-refractivity contribution < 1.29 is 29.0 Å². The summed E-state index contributed by atoms with van der Waals surface area (Å²) in [6.07, 6.45) is 3.38. The standard InChI is InChI=1S/C23H37BrN2O6/c1-5-7-8-9-25-20(28)19-23-11-15(24)18(32-23)16(22(30)31-6-2)17(23)21(29)26(19)14(12-27)10-13(3)4/h13-19,27H,5-12H2,1-4H3,(H,25,28)/t14-,15?,16-,17+,18-,19-,23+/m1/s1. The van der Waals surface area contributed by atoms with Crippen LogP contribution in [0.25, 0.3) is 0 Å². The van der Waals surface area contributed by atoms with E-state index in [4.69, 9.17) is 9.47 Å². The first kappa shape index (κ1) is 25.4. The van der Waals surface area contributed by atoms with Gasteiger partial charge in [0.1, 0.15) is 11.6 Å². The zero-order valence-electron chi connectivity index (χ0n) is 19.5. The molecule has 3 heterocycles. The number of unbranched alkanes of at least 4 members (excludes halogenated alkanes) is 2. The molecule has 2 bridgehead atoms. The number of fused-ring (bicyclic) bond motifs is 1. The molecule has 0 aromatic carbocycles. The van der Waals surface area contributed by atoms with Crippen LogP contribution in [-0.4, -0.2) is 76.2 Å². The summed E-state index contributed by atoms with van der Waals surface area (Å²) in [6.45, 7) is 8.32. The first-order valence-electron chi connectivity index (χ1n) is 11.9. The van der Waals surface area contributed by atoms with Gasteiger partial charge in [0.2, 0.25) is 11.8 Å². The summed E-state index contributed by atoms with van der Waals surface area (Å²) in [7, 11) is 0. The van der Waals surface area contributed by atoms with Crippen molar-refractivity contribution in [1.82, 2.24) is 10.2 Å². The van der Waals surface area contributed by atoms with Gasteiger partial charge in [-0.1, -0.05) is 49.5 Å². The first-order valence-corrected chi connectivity index (χ1v) is 12.8. The molecule has 7 atom stereocenters. The van der Waals surface area contributed by atoms with Crippen LogP contribution in [0.5, 0.6) is 0 Å². The summed E-state index contributed by atoms with van der Waals surface area (Å²) < 4.78 is 11.7. The normalized spacial score (nSPS) is 34.2. The van der Waals surface area contributed by atoms with E-state index >= 15 is 0 Å². The fourth-order valence-corrected chi connectivity index (χ4v) is 6.71. The van der Waals surface area contributed by atoms with E-state index in [1.807, 2.05) is 13.8 Å². The Labute approximate surface area is 198 Å². The van der Waals surface area contributed by atoms with Gasteiger partial charge in [0.25, 0.3) is 0 Å². The maximum atomic E-state index is 13.8. The number of rotatable bonds is 11. The van der Waals surface area contributed by atoms with Gasteiger partial charge in [0.05, 0.1) is 37.2 Å². The van der Waals surface area contributed by atoms with E-state index in [0.717, 1.165) is 19.3 Å². The highest BCUT2D eigenvalue weighted by Crippen LogP contribution is 2.60. The lowest BCUT2D eigenvalue weighted by atomic mass is 9.70. The van der Waals surface area contributed by atoms with Crippen LogP contribution in [0.1, 0.15) is 59.8 Å². The van der Waals surface area contributed by atoms with Crippen LogP contribution in [-0.2, 0) is 23.9 Å². The number of halogens is 1. The van der Waals surface area contributed by atoms with Gasteiger partial charge in [-0.05, 0) is 32.1 Å². The van der Waals surface area contributed by atoms with Crippen LogP contribution in [0.3, 0.4) is 0 Å². The number of amides is 2. The Kier molecular flexibility index (Phi) is 8.25. The molecule has 9 heteroatoms. The Hall–Kier alpha value is -1.19. The quantitative estimate of drug-likeness (QED) is 0.247. The summed E-state index contributed by atoms with van der Waals surface area (Å²) in [6, 6.07) is -1.41. The van der Waals surface area contributed by atoms with Gasteiger partial charge in [-0.25, -0.2) is 0 Å². The second-order valence-electron chi connectivity index (χ2n) is 9.63. The molecule has 0 aromatic rings. The van der Waals surface area contributed by atoms with Gasteiger partial charge >= 0.3 is 5.97 Å². The number of aliphatic hydroxyl groups excluding tert-OH is 1. The summed E-state index contributed by atoms with van der Waals surface area (Å²) >= 11 is 3.63. The van der Waals surface area contributed by atoms with Crippen molar-refractivity contribution in [2.24, 2.45) is 17.8 Å².